The van der Waals surface area contributed by atoms with Crippen molar-refractivity contribution >= 4 is 17.5 Å². The number of rotatable bonds is 7. The molecule has 0 saturated heterocycles. The summed E-state index contributed by atoms with van der Waals surface area (Å²) >= 11 is 0. The molecule has 0 aromatic heterocycles. The van der Waals surface area contributed by atoms with Gasteiger partial charge in [0.2, 0.25) is 5.91 Å². The van der Waals surface area contributed by atoms with Gasteiger partial charge in [-0.05, 0) is 40.5 Å². The van der Waals surface area contributed by atoms with Crippen molar-refractivity contribution in [1.82, 2.24) is 4.90 Å². The Balaban J connectivity index is 1.70. The molecule has 0 spiro atoms. The summed E-state index contributed by atoms with van der Waals surface area (Å²) in [5.74, 6) is -0.170. The minimum absolute atomic E-state index is 0.0387. The lowest BCUT2D eigenvalue weighted by Gasteiger charge is -2.24. The molecule has 0 aliphatic carbocycles. The maximum absolute atomic E-state index is 13.9. The van der Waals surface area contributed by atoms with Crippen LogP contribution in [-0.2, 0) is 17.9 Å². The summed E-state index contributed by atoms with van der Waals surface area (Å²) in [5, 5.41) is 2.82. The van der Waals surface area contributed by atoms with E-state index in [0.717, 1.165) is 22.3 Å². The van der Waals surface area contributed by atoms with Crippen molar-refractivity contribution < 1.29 is 9.59 Å². The molecule has 0 aliphatic heterocycles. The molecule has 33 heavy (non-hydrogen) atoms. The maximum Gasteiger partial charge on any atom is 0.255 e. The zero-order valence-electron chi connectivity index (χ0n) is 18.6. The topological polar surface area (TPSA) is 49.4 Å². The summed E-state index contributed by atoms with van der Waals surface area (Å²) in [5.41, 5.74) is 5.20. The van der Waals surface area contributed by atoms with Crippen molar-refractivity contribution in [2.24, 2.45) is 0 Å². The summed E-state index contributed by atoms with van der Waals surface area (Å²) in [7, 11) is 0. The summed E-state index contributed by atoms with van der Waals surface area (Å²) in [6.07, 6.45) is 0. The molecule has 0 unspecified atom stereocenters. The molecule has 4 aromatic carbocycles. The number of benzene rings is 4. The zero-order chi connectivity index (χ0) is 23.0. The first-order valence-corrected chi connectivity index (χ1v) is 10.9. The normalized spacial score (nSPS) is 10.5. The summed E-state index contributed by atoms with van der Waals surface area (Å²) < 4.78 is 0. The average Bonchev–Trinajstić information content (AvgIpc) is 2.84. The molecule has 4 nitrogen and oxygen atoms in total. The van der Waals surface area contributed by atoms with Gasteiger partial charge in [-0.25, -0.2) is 0 Å². The van der Waals surface area contributed by atoms with Crippen molar-refractivity contribution in [2.75, 3.05) is 5.32 Å². The second-order valence-electron chi connectivity index (χ2n) is 7.94. The molecule has 2 amide bonds. The highest BCUT2D eigenvalue weighted by atomic mass is 16.2. The number of anilines is 1. The van der Waals surface area contributed by atoms with Crippen LogP contribution in [0.15, 0.2) is 109 Å². The van der Waals surface area contributed by atoms with Crippen LogP contribution in [0.2, 0.25) is 0 Å². The molecule has 4 rings (SSSR count). The fourth-order valence-corrected chi connectivity index (χ4v) is 3.87. The van der Waals surface area contributed by atoms with Crippen LogP contribution in [0.4, 0.5) is 5.69 Å². The Morgan fingerprint density at radius 3 is 1.88 bits per heavy atom. The smallest absolute Gasteiger partial charge is 0.255 e. The average molecular weight is 435 g/mol. The van der Waals surface area contributed by atoms with E-state index < -0.39 is 0 Å². The van der Waals surface area contributed by atoms with Crippen molar-refractivity contribution in [1.29, 1.82) is 0 Å². The second-order valence-corrected chi connectivity index (χ2v) is 7.94. The molecule has 0 radical (unpaired) electrons. The lowest BCUT2D eigenvalue weighted by molar-refractivity contribution is -0.114. The van der Waals surface area contributed by atoms with Crippen molar-refractivity contribution in [2.45, 2.75) is 20.0 Å². The van der Waals surface area contributed by atoms with E-state index in [4.69, 9.17) is 0 Å². The third-order valence-corrected chi connectivity index (χ3v) is 5.37. The van der Waals surface area contributed by atoms with Crippen LogP contribution in [0.1, 0.15) is 28.4 Å². The second kappa shape index (κ2) is 10.4. The first-order chi connectivity index (χ1) is 16.1. The van der Waals surface area contributed by atoms with Crippen LogP contribution in [-0.4, -0.2) is 16.7 Å². The molecule has 0 atom stereocenters. The first-order valence-electron chi connectivity index (χ1n) is 10.9. The van der Waals surface area contributed by atoms with Crippen LogP contribution in [0.3, 0.4) is 0 Å². The highest BCUT2D eigenvalue weighted by Gasteiger charge is 2.20. The van der Waals surface area contributed by atoms with Crippen LogP contribution >= 0.6 is 0 Å². The molecule has 0 bridgehead atoms. The van der Waals surface area contributed by atoms with Gasteiger partial charge in [0.15, 0.2) is 0 Å². The van der Waals surface area contributed by atoms with E-state index >= 15 is 0 Å². The molecular formula is C29H26N2O2. The van der Waals surface area contributed by atoms with E-state index in [0.29, 0.717) is 24.3 Å². The molecule has 0 fully saturated rings. The predicted molar refractivity (Wildman–Crippen MR) is 133 cm³/mol. The Hall–Kier alpha value is -4.18. The predicted octanol–water partition coefficient (Wildman–Crippen LogP) is 6.15. The number of hydrogen-bond acceptors (Lipinski definition) is 2. The molecule has 1 N–H and O–H groups in total. The largest absolute Gasteiger partial charge is 0.330 e. The number of amides is 2. The van der Waals surface area contributed by atoms with Gasteiger partial charge >= 0.3 is 0 Å². The van der Waals surface area contributed by atoms with Crippen molar-refractivity contribution in [3.05, 3.63) is 126 Å². The fraction of sp³-hybridized carbons (Fsp3) is 0.103. The number of carbonyl (C=O) groups is 2. The van der Waals surface area contributed by atoms with E-state index in [9.17, 15) is 9.59 Å². The number of nitrogens with one attached hydrogen (secondary N) is 1. The molecule has 4 heteroatoms. The number of nitrogens with zero attached hydrogens (tertiary/aromatic N) is 1. The van der Waals surface area contributed by atoms with E-state index in [1.54, 1.807) is 0 Å². The summed E-state index contributed by atoms with van der Waals surface area (Å²) in [6, 6.07) is 35.2. The van der Waals surface area contributed by atoms with E-state index in [1.165, 1.54) is 6.92 Å². The van der Waals surface area contributed by atoms with Gasteiger partial charge < -0.3 is 10.2 Å². The molecule has 0 aliphatic rings. The SMILES string of the molecule is CC(=O)Nc1cccc(-c2ccccc2C(=O)N(Cc2ccccc2)Cc2ccccc2)c1. The van der Waals surface area contributed by atoms with Gasteiger partial charge in [0.25, 0.3) is 5.91 Å². The van der Waals surface area contributed by atoms with Gasteiger partial charge in [-0.2, -0.15) is 0 Å². The third-order valence-electron chi connectivity index (χ3n) is 5.37. The Morgan fingerprint density at radius 1 is 0.697 bits per heavy atom. The van der Waals surface area contributed by atoms with Gasteiger partial charge in [0.05, 0.1) is 0 Å². The molecule has 0 heterocycles. The van der Waals surface area contributed by atoms with Crippen molar-refractivity contribution in [3.8, 4) is 11.1 Å². The minimum atomic E-state index is -0.131. The van der Waals surface area contributed by atoms with E-state index in [-0.39, 0.29) is 11.8 Å². The Bertz CT molecular complexity index is 1200. The van der Waals surface area contributed by atoms with Crippen molar-refractivity contribution in [3.63, 3.8) is 0 Å². The van der Waals surface area contributed by atoms with E-state index in [1.807, 2.05) is 114 Å². The van der Waals surface area contributed by atoms with Gasteiger partial charge in [-0.3, -0.25) is 9.59 Å². The Labute approximate surface area is 194 Å². The van der Waals surface area contributed by atoms with Crippen LogP contribution in [0, 0.1) is 0 Å². The molecule has 164 valence electrons. The monoisotopic (exact) mass is 434 g/mol. The standard InChI is InChI=1S/C29H26N2O2/c1-22(32)30-26-16-10-15-25(19-26)27-17-8-9-18-28(27)29(33)31(20-23-11-4-2-5-12-23)21-24-13-6-3-7-14-24/h2-19H,20-21H2,1H3,(H,30,32). The van der Waals surface area contributed by atoms with Gasteiger partial charge in [0.1, 0.15) is 0 Å². The van der Waals surface area contributed by atoms with Gasteiger partial charge in [0, 0.05) is 31.3 Å². The Morgan fingerprint density at radius 2 is 1.27 bits per heavy atom. The first kappa shape index (κ1) is 22.0. The van der Waals surface area contributed by atoms with E-state index in [2.05, 4.69) is 5.32 Å². The summed E-state index contributed by atoms with van der Waals surface area (Å²) in [4.78, 5) is 27.2. The highest BCUT2D eigenvalue weighted by molar-refractivity contribution is 6.01. The highest BCUT2D eigenvalue weighted by Crippen LogP contribution is 2.28. The lowest BCUT2D eigenvalue weighted by atomic mass is 9.98. The number of carbonyl (C=O) groups excluding carboxylic acids is 2. The lowest BCUT2D eigenvalue weighted by Crippen LogP contribution is -2.30. The maximum atomic E-state index is 13.9. The minimum Gasteiger partial charge on any atom is -0.330 e. The van der Waals surface area contributed by atoms with Crippen LogP contribution < -0.4 is 5.32 Å². The number of hydrogen-bond donors (Lipinski definition) is 1. The summed E-state index contributed by atoms with van der Waals surface area (Å²) in [6.45, 7) is 2.50. The molecule has 0 saturated carbocycles. The quantitative estimate of drug-likeness (QED) is 0.379. The molecule has 4 aromatic rings. The Kier molecular flexibility index (Phi) is 6.96. The fourth-order valence-electron chi connectivity index (χ4n) is 3.87. The van der Waals surface area contributed by atoms with Gasteiger partial charge in [-0.1, -0.05) is 91.0 Å². The molecular weight excluding hydrogens is 408 g/mol. The van der Waals surface area contributed by atoms with Crippen LogP contribution in [0.25, 0.3) is 11.1 Å². The van der Waals surface area contributed by atoms with Crippen LogP contribution in [0.5, 0.6) is 0 Å². The zero-order valence-corrected chi connectivity index (χ0v) is 18.6. The third kappa shape index (κ3) is 5.74. The van der Waals surface area contributed by atoms with Gasteiger partial charge in [-0.15, -0.1) is 0 Å².